The maximum Gasteiger partial charge on any atom is 0.140 e. The van der Waals surface area contributed by atoms with Gasteiger partial charge in [0, 0.05) is 15.5 Å². The zero-order chi connectivity index (χ0) is 15.0. The molecule has 2 N–H and O–H groups in total. The van der Waals surface area contributed by atoms with Crippen molar-refractivity contribution in [3.05, 3.63) is 34.3 Å². The Bertz CT molecular complexity index is 711. The van der Waals surface area contributed by atoms with Gasteiger partial charge in [-0.25, -0.2) is 4.68 Å². The number of nitrogens with two attached hydrogens (primary N) is 1. The van der Waals surface area contributed by atoms with Gasteiger partial charge in [0.2, 0.25) is 0 Å². The molecule has 1 saturated heterocycles. The Morgan fingerprint density at radius 2 is 2.10 bits per heavy atom. The number of hydrogen-bond acceptors (Lipinski definition) is 4. The van der Waals surface area contributed by atoms with Crippen LogP contribution in [0.4, 0.5) is 5.82 Å². The molecule has 0 bridgehead atoms. The molecule has 0 spiro atoms. The van der Waals surface area contributed by atoms with Crippen LogP contribution in [0.15, 0.2) is 28.7 Å². The van der Waals surface area contributed by atoms with Crippen molar-refractivity contribution in [3.63, 3.8) is 0 Å². The van der Waals surface area contributed by atoms with Gasteiger partial charge in [0.25, 0.3) is 0 Å². The smallest absolute Gasteiger partial charge is 0.140 e. The lowest BCUT2D eigenvalue weighted by Crippen LogP contribution is -2.43. The number of nitrogen functional groups attached to an aromatic ring is 1. The lowest BCUT2D eigenvalue weighted by atomic mass is 9.89. The van der Waals surface area contributed by atoms with Gasteiger partial charge in [0.05, 0.1) is 19.8 Å². The average Bonchev–Trinajstić information content (AvgIpc) is 2.74. The van der Waals surface area contributed by atoms with Gasteiger partial charge in [-0.3, -0.25) is 0 Å². The second-order valence-corrected chi connectivity index (χ2v) is 6.60. The molecular weight excluding hydrogens is 332 g/mol. The number of halogens is 1. The highest BCUT2D eigenvalue weighted by Crippen LogP contribution is 2.33. The molecule has 1 aromatic carbocycles. The molecule has 1 aliphatic rings. The van der Waals surface area contributed by atoms with Crippen LogP contribution in [0.5, 0.6) is 0 Å². The predicted molar refractivity (Wildman–Crippen MR) is 83.4 cm³/mol. The van der Waals surface area contributed by atoms with Crippen molar-refractivity contribution in [2.75, 3.05) is 18.9 Å². The van der Waals surface area contributed by atoms with E-state index in [0.29, 0.717) is 36.8 Å². The molecule has 1 aromatic heterocycles. The largest absolute Gasteiger partial charge is 0.383 e. The van der Waals surface area contributed by atoms with Crippen LogP contribution in [0.3, 0.4) is 0 Å². The summed E-state index contributed by atoms with van der Waals surface area (Å²) in [5.41, 5.74) is 8.09. The number of anilines is 1. The molecule has 3 rings (SSSR count). The molecule has 2 aromatic rings. The summed E-state index contributed by atoms with van der Waals surface area (Å²) in [7, 11) is 0. The molecule has 0 radical (unpaired) electrons. The van der Waals surface area contributed by atoms with Crippen molar-refractivity contribution >= 4 is 21.7 Å². The fourth-order valence-corrected chi connectivity index (χ4v) is 2.68. The zero-order valence-electron chi connectivity index (χ0n) is 11.6. The zero-order valence-corrected chi connectivity index (χ0v) is 13.2. The summed E-state index contributed by atoms with van der Waals surface area (Å²) in [6.45, 7) is 4.18. The van der Waals surface area contributed by atoms with E-state index in [4.69, 9.17) is 10.5 Å². The Morgan fingerprint density at radius 1 is 1.43 bits per heavy atom. The molecule has 1 aliphatic heterocycles. The summed E-state index contributed by atoms with van der Waals surface area (Å²) in [5.74, 6) is 0.420. The Morgan fingerprint density at radius 3 is 2.62 bits per heavy atom. The normalized spacial score (nSPS) is 16.2. The molecule has 108 valence electrons. The number of aromatic nitrogens is 2. The van der Waals surface area contributed by atoms with Gasteiger partial charge < -0.3 is 10.5 Å². The van der Waals surface area contributed by atoms with Gasteiger partial charge in [-0.05, 0) is 12.1 Å². The highest BCUT2D eigenvalue weighted by Gasteiger charge is 2.35. The van der Waals surface area contributed by atoms with Gasteiger partial charge in [-0.2, -0.15) is 10.4 Å². The van der Waals surface area contributed by atoms with Gasteiger partial charge in [-0.1, -0.05) is 35.0 Å². The van der Waals surface area contributed by atoms with E-state index in [9.17, 15) is 5.26 Å². The molecular formula is C15H15BrN4O. The first-order valence-electron chi connectivity index (χ1n) is 6.62. The Balaban J connectivity index is 2.01. The van der Waals surface area contributed by atoms with Crippen molar-refractivity contribution in [1.29, 1.82) is 5.26 Å². The third-order valence-electron chi connectivity index (χ3n) is 3.65. The van der Waals surface area contributed by atoms with E-state index in [2.05, 4.69) is 34.0 Å². The van der Waals surface area contributed by atoms with E-state index in [1.807, 2.05) is 24.3 Å². The Hall–Kier alpha value is -1.84. The second kappa shape index (κ2) is 5.17. The van der Waals surface area contributed by atoms with E-state index in [1.54, 1.807) is 4.68 Å². The molecule has 0 amide bonds. The summed E-state index contributed by atoms with van der Waals surface area (Å²) in [5, 5.41) is 13.9. The van der Waals surface area contributed by atoms with Crippen molar-refractivity contribution in [3.8, 4) is 17.3 Å². The minimum Gasteiger partial charge on any atom is -0.383 e. The van der Waals surface area contributed by atoms with Crippen LogP contribution in [0.25, 0.3) is 11.3 Å². The number of benzene rings is 1. The number of nitrogens with zero attached hydrogens (tertiary/aromatic N) is 3. The lowest BCUT2D eigenvalue weighted by molar-refractivity contribution is -0.111. The van der Waals surface area contributed by atoms with Crippen LogP contribution in [0.2, 0.25) is 0 Å². The van der Waals surface area contributed by atoms with Crippen LogP contribution >= 0.6 is 15.9 Å². The summed E-state index contributed by atoms with van der Waals surface area (Å²) < 4.78 is 7.96. The first-order valence-corrected chi connectivity index (χ1v) is 7.42. The molecule has 21 heavy (non-hydrogen) atoms. The average molecular weight is 347 g/mol. The molecule has 6 heteroatoms. The maximum atomic E-state index is 9.38. The van der Waals surface area contributed by atoms with Crippen LogP contribution in [0.1, 0.15) is 12.5 Å². The van der Waals surface area contributed by atoms with E-state index in [0.717, 1.165) is 10.0 Å². The number of rotatable bonds is 3. The Kier molecular flexibility index (Phi) is 3.47. The summed E-state index contributed by atoms with van der Waals surface area (Å²) >= 11 is 3.40. The monoisotopic (exact) mass is 346 g/mol. The molecule has 0 aliphatic carbocycles. The second-order valence-electron chi connectivity index (χ2n) is 5.69. The van der Waals surface area contributed by atoms with Crippen LogP contribution in [0, 0.1) is 16.7 Å². The van der Waals surface area contributed by atoms with Crippen LogP contribution < -0.4 is 5.73 Å². The van der Waals surface area contributed by atoms with Gasteiger partial charge in [-0.15, -0.1) is 0 Å². The fraction of sp³-hybridized carbons (Fsp3) is 0.333. The molecule has 0 unspecified atom stereocenters. The number of nitriles is 1. The molecule has 1 fully saturated rings. The summed E-state index contributed by atoms with van der Waals surface area (Å²) in [4.78, 5) is 0. The quantitative estimate of drug-likeness (QED) is 0.926. The van der Waals surface area contributed by atoms with Crippen molar-refractivity contribution in [2.24, 2.45) is 5.41 Å². The van der Waals surface area contributed by atoms with Crippen molar-refractivity contribution < 1.29 is 4.74 Å². The van der Waals surface area contributed by atoms with E-state index < -0.39 is 0 Å². The van der Waals surface area contributed by atoms with Crippen molar-refractivity contribution in [1.82, 2.24) is 9.78 Å². The summed E-state index contributed by atoms with van der Waals surface area (Å²) in [6, 6.07) is 9.86. The van der Waals surface area contributed by atoms with E-state index in [1.165, 1.54) is 0 Å². The number of ether oxygens (including phenoxy) is 1. The fourth-order valence-electron chi connectivity index (χ4n) is 2.42. The molecule has 2 heterocycles. The van der Waals surface area contributed by atoms with E-state index >= 15 is 0 Å². The van der Waals surface area contributed by atoms with Crippen LogP contribution in [-0.4, -0.2) is 23.0 Å². The van der Waals surface area contributed by atoms with Gasteiger partial charge in [0.1, 0.15) is 23.1 Å². The predicted octanol–water partition coefficient (Wildman–Crippen LogP) is 2.80. The molecule has 0 saturated carbocycles. The minimum atomic E-state index is 0.0455. The topological polar surface area (TPSA) is 76.9 Å². The first-order chi connectivity index (χ1) is 10.0. The van der Waals surface area contributed by atoms with E-state index in [-0.39, 0.29) is 5.41 Å². The van der Waals surface area contributed by atoms with Crippen LogP contribution in [-0.2, 0) is 11.3 Å². The van der Waals surface area contributed by atoms with Gasteiger partial charge in [0.15, 0.2) is 0 Å². The standard InChI is InChI=1S/C15H15BrN4O/c1-15(8-21-9-15)7-20-14(18)12(6-17)13(19-20)10-2-4-11(16)5-3-10/h2-5H,7-9,18H2,1H3. The first kappa shape index (κ1) is 14.1. The van der Waals surface area contributed by atoms with Crippen molar-refractivity contribution in [2.45, 2.75) is 13.5 Å². The SMILES string of the molecule is CC1(Cn2nc(-c3ccc(Br)cc3)c(C#N)c2N)COC1. The third kappa shape index (κ3) is 2.55. The molecule has 5 nitrogen and oxygen atoms in total. The minimum absolute atomic E-state index is 0.0455. The third-order valence-corrected chi connectivity index (χ3v) is 4.18. The number of hydrogen-bond donors (Lipinski definition) is 1. The summed E-state index contributed by atoms with van der Waals surface area (Å²) in [6.07, 6.45) is 0. The van der Waals surface area contributed by atoms with Gasteiger partial charge >= 0.3 is 0 Å². The lowest BCUT2D eigenvalue weighted by Gasteiger charge is -2.37. The highest BCUT2D eigenvalue weighted by molar-refractivity contribution is 9.10. The Labute approximate surface area is 131 Å². The highest BCUT2D eigenvalue weighted by atomic mass is 79.9. The molecule has 0 atom stereocenters. The maximum absolute atomic E-state index is 9.38.